The second-order valence-electron chi connectivity index (χ2n) is 10.9. The minimum Gasteiger partial charge on any atom is -0.358 e. The summed E-state index contributed by atoms with van der Waals surface area (Å²) < 4.78 is 0. The predicted octanol–water partition coefficient (Wildman–Crippen LogP) is 8.63. The average Bonchev–Trinajstić information content (AvgIpc) is 2.94. The van der Waals surface area contributed by atoms with Crippen LogP contribution in [0, 0.1) is 61.5 Å². The largest absolute Gasteiger partial charge is 4.00 e. The molecule has 0 N–H and O–H groups in total. The second kappa shape index (κ2) is 13.4. The van der Waals surface area contributed by atoms with E-state index in [0.717, 1.165) is 6.42 Å². The van der Waals surface area contributed by atoms with Gasteiger partial charge in [-0.3, -0.25) is 6.08 Å². The topological polar surface area (TPSA) is 0 Å². The smallest absolute Gasteiger partial charge is 0.358 e. The van der Waals surface area contributed by atoms with Crippen molar-refractivity contribution in [1.29, 1.82) is 0 Å². The molecule has 0 bridgehead atoms. The summed E-state index contributed by atoms with van der Waals surface area (Å²) in [7, 11) is -0.749. The van der Waals surface area contributed by atoms with Gasteiger partial charge in [0.2, 0.25) is 0 Å². The molecule has 196 valence electrons. The molecule has 0 saturated heterocycles. The van der Waals surface area contributed by atoms with Gasteiger partial charge in [0.25, 0.3) is 0 Å². The van der Waals surface area contributed by atoms with Crippen molar-refractivity contribution in [2.45, 2.75) is 72.8 Å². The van der Waals surface area contributed by atoms with Crippen molar-refractivity contribution in [2.24, 2.45) is 5.41 Å². The Morgan fingerprint density at radius 3 is 1.86 bits per heavy atom. The van der Waals surface area contributed by atoms with Crippen molar-refractivity contribution in [1.82, 2.24) is 0 Å². The zero-order chi connectivity index (χ0) is 24.0. The van der Waals surface area contributed by atoms with E-state index in [1.807, 2.05) is 0 Å². The summed E-state index contributed by atoms with van der Waals surface area (Å²) in [5.41, 5.74) is 11.5. The summed E-state index contributed by atoms with van der Waals surface area (Å²) in [5, 5.41) is 1.51. The Bertz CT molecular complexity index is 1170. The van der Waals surface area contributed by atoms with Gasteiger partial charge in [0.15, 0.2) is 0 Å². The van der Waals surface area contributed by atoms with E-state index in [4.69, 9.17) is 0 Å². The number of aryl methyl sites for hydroxylation is 4. The molecule has 2 aromatic carbocycles. The Morgan fingerprint density at radius 1 is 0.838 bits per heavy atom. The van der Waals surface area contributed by atoms with Crippen molar-refractivity contribution in [3.05, 3.63) is 134 Å². The SMILES string of the molecule is CC1=[C-]C([SiH2]c2cc(C)cc(C)c2)(C(c2c(C)cccc2C)C2(C)C=CC=CC2)C(C)=C1C.[CH3-].[CH3-].[CH3-].[Ti+4]. The van der Waals surface area contributed by atoms with Crippen LogP contribution in [0.15, 0.2) is 77.4 Å². The molecule has 2 heteroatoms. The van der Waals surface area contributed by atoms with E-state index in [1.54, 1.807) is 10.8 Å². The predicted molar refractivity (Wildman–Crippen MR) is 166 cm³/mol. The molecule has 0 aromatic heterocycles. The molecule has 0 fully saturated rings. The van der Waals surface area contributed by atoms with Gasteiger partial charge >= 0.3 is 21.7 Å². The summed E-state index contributed by atoms with van der Waals surface area (Å²) in [4.78, 5) is 0. The molecule has 3 unspecified atom stereocenters. The molecule has 37 heavy (non-hydrogen) atoms. The van der Waals surface area contributed by atoms with Gasteiger partial charge in [0, 0.05) is 0 Å². The zero-order valence-electron chi connectivity index (χ0n) is 25.3. The fourth-order valence-electron chi connectivity index (χ4n) is 6.58. The molecule has 0 spiro atoms. The number of hydrogen-bond acceptors (Lipinski definition) is 0. The van der Waals surface area contributed by atoms with Gasteiger partial charge in [-0.2, -0.15) is 11.1 Å². The maximum Gasteiger partial charge on any atom is 4.00 e. The van der Waals surface area contributed by atoms with E-state index in [2.05, 4.69) is 122 Å². The Morgan fingerprint density at radius 2 is 1.41 bits per heavy atom. The van der Waals surface area contributed by atoms with E-state index in [0.29, 0.717) is 5.92 Å². The monoisotopic (exact) mass is 544 g/mol. The van der Waals surface area contributed by atoms with Gasteiger partial charge in [-0.1, -0.05) is 103 Å². The van der Waals surface area contributed by atoms with Crippen LogP contribution in [0.2, 0.25) is 5.04 Å². The first-order valence-corrected chi connectivity index (χ1v) is 13.8. The molecule has 4 rings (SSSR count). The van der Waals surface area contributed by atoms with E-state index in [1.165, 1.54) is 39.0 Å². The van der Waals surface area contributed by atoms with Gasteiger partial charge in [0.05, 0.1) is 9.52 Å². The minimum absolute atomic E-state index is 0. The summed E-state index contributed by atoms with van der Waals surface area (Å²) in [6, 6.07) is 14.0. The van der Waals surface area contributed by atoms with Crippen LogP contribution < -0.4 is 5.19 Å². The van der Waals surface area contributed by atoms with Gasteiger partial charge in [0.1, 0.15) is 0 Å². The van der Waals surface area contributed by atoms with Crippen molar-refractivity contribution in [2.75, 3.05) is 0 Å². The second-order valence-corrected chi connectivity index (χ2v) is 13.2. The fraction of sp³-hybridized carbons (Fsp3) is 0.343. The molecule has 0 radical (unpaired) electrons. The number of rotatable bonds is 5. The summed E-state index contributed by atoms with van der Waals surface area (Å²) in [5.74, 6) is 0.354. The van der Waals surface area contributed by atoms with Crippen molar-refractivity contribution >= 4 is 14.7 Å². The summed E-state index contributed by atoms with van der Waals surface area (Å²) in [6.45, 7) is 18.6. The first kappa shape index (κ1) is 35.3. The Hall–Kier alpha value is -1.67. The van der Waals surface area contributed by atoms with E-state index >= 15 is 0 Å². The van der Waals surface area contributed by atoms with Gasteiger partial charge < -0.3 is 22.3 Å². The van der Waals surface area contributed by atoms with Crippen LogP contribution in [0.25, 0.3) is 0 Å². The third kappa shape index (κ3) is 6.50. The molecule has 2 aliphatic carbocycles. The summed E-state index contributed by atoms with van der Waals surface area (Å²) in [6.07, 6.45) is 14.6. The summed E-state index contributed by atoms with van der Waals surface area (Å²) >= 11 is 0. The molecule has 0 saturated carbocycles. The Balaban J connectivity index is 0.00000324. The third-order valence-corrected chi connectivity index (χ3v) is 10.7. The minimum atomic E-state index is -0.749. The molecule has 2 aliphatic rings. The van der Waals surface area contributed by atoms with Crippen LogP contribution >= 0.6 is 0 Å². The van der Waals surface area contributed by atoms with Crippen LogP contribution in [0.1, 0.15) is 67.9 Å². The van der Waals surface area contributed by atoms with Gasteiger partial charge in [-0.05, 0) is 62.1 Å². The zero-order valence-corrected chi connectivity index (χ0v) is 28.2. The molecule has 3 atom stereocenters. The quantitative estimate of drug-likeness (QED) is 0.261. The van der Waals surface area contributed by atoms with Crippen LogP contribution in [-0.2, 0) is 21.7 Å². The molecule has 2 aromatic rings. The number of benzene rings is 2. The number of allylic oxidation sites excluding steroid dienone is 8. The number of hydrogen-bond donors (Lipinski definition) is 0. The maximum absolute atomic E-state index is 4.18. The van der Waals surface area contributed by atoms with E-state index in [9.17, 15) is 0 Å². The normalized spacial score (nSPS) is 23.1. The van der Waals surface area contributed by atoms with Crippen molar-refractivity contribution < 1.29 is 21.7 Å². The molecule has 0 amide bonds. The molecular weight excluding hydrogens is 496 g/mol. The van der Waals surface area contributed by atoms with Crippen molar-refractivity contribution in [3.8, 4) is 0 Å². The molecule has 0 aliphatic heterocycles. The third-order valence-electron chi connectivity index (χ3n) is 8.23. The standard InChI is InChI=1S/C32H39Si.3CH3.Ti/c1-21-17-22(2)19-28(18-21)33-32(20-25(5)26(6)27(32)7)30(31(8)15-10-9-11-16-31)29-23(3)13-12-14-24(29)4;;;;/h9-15,17-19,30H,16,33H2,1-8H3;3*1H3;/q4*-1;+4. The first-order chi connectivity index (χ1) is 15.6. The fourth-order valence-corrected chi connectivity index (χ4v) is 9.83. The maximum atomic E-state index is 4.18. The van der Waals surface area contributed by atoms with Crippen LogP contribution in [0.5, 0.6) is 0 Å². The van der Waals surface area contributed by atoms with Gasteiger partial charge in [-0.15, -0.1) is 6.92 Å². The Kier molecular flexibility index (Phi) is 12.8. The molecule has 0 nitrogen and oxygen atoms in total. The molecular formula is C35H48SiTi. The molecule has 0 heterocycles. The first-order valence-electron chi connectivity index (χ1n) is 12.3. The Labute approximate surface area is 247 Å². The van der Waals surface area contributed by atoms with Crippen LogP contribution in [0.3, 0.4) is 0 Å². The van der Waals surface area contributed by atoms with E-state index in [-0.39, 0.29) is 54.5 Å². The van der Waals surface area contributed by atoms with Crippen LogP contribution in [-0.4, -0.2) is 9.52 Å². The van der Waals surface area contributed by atoms with Crippen LogP contribution in [0.4, 0.5) is 0 Å². The average molecular weight is 545 g/mol. The van der Waals surface area contributed by atoms with E-state index < -0.39 is 9.52 Å². The van der Waals surface area contributed by atoms with Crippen molar-refractivity contribution in [3.63, 3.8) is 0 Å². The van der Waals surface area contributed by atoms with Gasteiger partial charge in [-0.25, -0.2) is 5.57 Å².